The molecule has 0 unspecified atom stereocenters. The van der Waals surface area contributed by atoms with Crippen molar-refractivity contribution in [2.45, 2.75) is 36.4 Å². The number of amides is 2. The van der Waals surface area contributed by atoms with E-state index in [1.807, 2.05) is 30.3 Å². The van der Waals surface area contributed by atoms with Crippen molar-refractivity contribution in [1.82, 2.24) is 9.88 Å². The van der Waals surface area contributed by atoms with Crippen LogP contribution in [0.25, 0.3) is 10.9 Å². The summed E-state index contributed by atoms with van der Waals surface area (Å²) < 4.78 is 7.33. The lowest BCUT2D eigenvalue weighted by Gasteiger charge is -2.20. The maximum absolute atomic E-state index is 12.5. The Kier molecular flexibility index (Phi) is 5.66. The summed E-state index contributed by atoms with van der Waals surface area (Å²) in [5, 5.41) is 16.9. The lowest BCUT2D eigenvalue weighted by atomic mass is 10.00. The second-order valence-corrected chi connectivity index (χ2v) is 10.2. The molecule has 2 atom stereocenters. The molecule has 2 amide bonds. The molecule has 2 aromatic carbocycles. The van der Waals surface area contributed by atoms with E-state index >= 15 is 0 Å². The van der Waals surface area contributed by atoms with Crippen molar-refractivity contribution in [2.75, 3.05) is 29.1 Å². The fourth-order valence-corrected chi connectivity index (χ4v) is 6.01. The van der Waals surface area contributed by atoms with Gasteiger partial charge in [0.2, 0.25) is 5.91 Å². The molecule has 182 valence electrons. The van der Waals surface area contributed by atoms with Crippen LogP contribution in [-0.2, 0) is 16.1 Å². The number of hydrogen-bond donors (Lipinski definition) is 2. The van der Waals surface area contributed by atoms with Gasteiger partial charge in [-0.15, -0.1) is 11.8 Å². The number of nitrogens with one attached hydrogen (secondary N) is 2. The fourth-order valence-electron chi connectivity index (χ4n) is 5.22. The Balaban J connectivity index is 1.08. The minimum Gasteiger partial charge on any atom is -0.444 e. The Hall–Kier alpha value is -3.81. The number of anilines is 2. The van der Waals surface area contributed by atoms with Gasteiger partial charge in [-0.2, -0.15) is 5.26 Å². The van der Waals surface area contributed by atoms with E-state index in [-0.39, 0.29) is 23.6 Å². The SMILES string of the molecule is N#Cc1ccc2ccc(=O)n3c2c1[C@@H](NCCC[C@@H]1CN(c2ccc4c(c2)NC(=O)CS4)C(=O)O1)C3. The average molecular weight is 502 g/mol. The Morgan fingerprint density at radius 1 is 1.14 bits per heavy atom. The number of carbonyl (C=O) groups excluding carboxylic acids is 2. The number of aromatic nitrogens is 1. The molecule has 0 radical (unpaired) electrons. The lowest BCUT2D eigenvalue weighted by molar-refractivity contribution is -0.113. The highest BCUT2D eigenvalue weighted by molar-refractivity contribution is 8.00. The molecular weight excluding hydrogens is 478 g/mol. The van der Waals surface area contributed by atoms with E-state index in [0.29, 0.717) is 43.1 Å². The van der Waals surface area contributed by atoms with Crippen LogP contribution in [0, 0.1) is 11.3 Å². The zero-order chi connectivity index (χ0) is 24.8. The van der Waals surface area contributed by atoms with Crippen LogP contribution in [0.2, 0.25) is 0 Å². The lowest BCUT2D eigenvalue weighted by Crippen LogP contribution is -2.27. The van der Waals surface area contributed by atoms with Crippen LogP contribution in [0.5, 0.6) is 0 Å². The third-order valence-corrected chi connectivity index (χ3v) is 7.97. The largest absolute Gasteiger partial charge is 0.444 e. The predicted octanol–water partition coefficient (Wildman–Crippen LogP) is 3.37. The van der Waals surface area contributed by atoms with Gasteiger partial charge in [0.05, 0.1) is 41.2 Å². The molecule has 0 spiro atoms. The Morgan fingerprint density at radius 2 is 2.00 bits per heavy atom. The molecule has 1 fully saturated rings. The fraction of sp³-hybridized carbons (Fsp3) is 0.308. The van der Waals surface area contributed by atoms with Gasteiger partial charge in [0.1, 0.15) is 6.10 Å². The summed E-state index contributed by atoms with van der Waals surface area (Å²) in [7, 11) is 0. The van der Waals surface area contributed by atoms with Crippen molar-refractivity contribution in [3.8, 4) is 6.07 Å². The van der Waals surface area contributed by atoms with Crippen molar-refractivity contribution in [3.05, 3.63) is 63.9 Å². The number of ether oxygens (including phenoxy) is 1. The normalized spacial score (nSPS) is 20.2. The number of benzene rings is 2. The summed E-state index contributed by atoms with van der Waals surface area (Å²) in [5.41, 5.74) is 3.65. The first-order valence-electron chi connectivity index (χ1n) is 11.9. The summed E-state index contributed by atoms with van der Waals surface area (Å²) in [6, 6.07) is 14.8. The van der Waals surface area contributed by atoms with Gasteiger partial charge in [0.15, 0.2) is 0 Å². The minimum absolute atomic E-state index is 0.0487. The molecule has 1 saturated heterocycles. The molecule has 6 rings (SSSR count). The number of pyridine rings is 1. The van der Waals surface area contributed by atoms with Crippen LogP contribution >= 0.6 is 11.8 Å². The number of nitriles is 1. The molecule has 3 aliphatic rings. The Morgan fingerprint density at radius 3 is 2.86 bits per heavy atom. The quantitative estimate of drug-likeness (QED) is 0.498. The predicted molar refractivity (Wildman–Crippen MR) is 136 cm³/mol. The molecule has 0 bridgehead atoms. The smallest absolute Gasteiger partial charge is 0.414 e. The highest BCUT2D eigenvalue weighted by Gasteiger charge is 2.33. The maximum Gasteiger partial charge on any atom is 0.414 e. The van der Waals surface area contributed by atoms with Crippen LogP contribution in [0.4, 0.5) is 16.2 Å². The number of cyclic esters (lactones) is 1. The molecule has 0 aliphatic carbocycles. The van der Waals surface area contributed by atoms with Gasteiger partial charge in [-0.1, -0.05) is 6.07 Å². The number of rotatable bonds is 6. The summed E-state index contributed by atoms with van der Waals surface area (Å²) in [5.74, 6) is 0.345. The first-order valence-corrected chi connectivity index (χ1v) is 12.8. The summed E-state index contributed by atoms with van der Waals surface area (Å²) in [6.45, 7) is 1.59. The van der Waals surface area contributed by atoms with E-state index in [1.54, 1.807) is 21.6 Å². The summed E-state index contributed by atoms with van der Waals surface area (Å²) in [6.07, 6.45) is 0.823. The van der Waals surface area contributed by atoms with E-state index in [1.165, 1.54) is 11.8 Å². The third-order valence-electron chi connectivity index (χ3n) is 6.90. The Bertz CT molecular complexity index is 1510. The molecular formula is C26H23N5O4S. The van der Waals surface area contributed by atoms with Crippen molar-refractivity contribution >= 4 is 46.0 Å². The number of nitrogens with zero attached hydrogens (tertiary/aromatic N) is 3. The van der Waals surface area contributed by atoms with Crippen LogP contribution < -0.4 is 21.1 Å². The van der Waals surface area contributed by atoms with E-state index in [2.05, 4.69) is 16.7 Å². The second-order valence-electron chi connectivity index (χ2n) is 9.14. The third kappa shape index (κ3) is 3.90. The molecule has 0 saturated carbocycles. The Labute approximate surface area is 211 Å². The number of fused-ring (bicyclic) bond motifs is 1. The molecule has 1 aromatic heterocycles. The van der Waals surface area contributed by atoms with Crippen LogP contribution in [-0.4, -0.2) is 41.5 Å². The van der Waals surface area contributed by atoms with Gasteiger partial charge >= 0.3 is 6.09 Å². The van der Waals surface area contributed by atoms with Crippen molar-refractivity contribution in [3.63, 3.8) is 0 Å². The first-order chi connectivity index (χ1) is 17.5. The van der Waals surface area contributed by atoms with Gasteiger partial charge in [-0.05, 0) is 55.1 Å². The summed E-state index contributed by atoms with van der Waals surface area (Å²) in [4.78, 5) is 39.2. The number of hydrogen-bond acceptors (Lipinski definition) is 7. The van der Waals surface area contributed by atoms with Crippen LogP contribution in [0.3, 0.4) is 0 Å². The monoisotopic (exact) mass is 501 g/mol. The van der Waals surface area contributed by atoms with Crippen molar-refractivity contribution in [2.24, 2.45) is 0 Å². The number of carbonyl (C=O) groups is 2. The van der Waals surface area contributed by atoms with E-state index in [0.717, 1.165) is 33.5 Å². The van der Waals surface area contributed by atoms with Gasteiger partial charge in [-0.3, -0.25) is 14.5 Å². The average Bonchev–Trinajstić information content (AvgIpc) is 3.45. The minimum atomic E-state index is -0.390. The zero-order valence-electron chi connectivity index (χ0n) is 19.3. The van der Waals surface area contributed by atoms with E-state index < -0.39 is 6.09 Å². The van der Waals surface area contributed by atoms with Gasteiger partial charge < -0.3 is 19.9 Å². The van der Waals surface area contributed by atoms with Crippen molar-refractivity contribution < 1.29 is 14.3 Å². The molecule has 9 nitrogen and oxygen atoms in total. The van der Waals surface area contributed by atoms with Gasteiger partial charge in [0, 0.05) is 28.8 Å². The maximum atomic E-state index is 12.5. The molecule has 3 aromatic rings. The molecule has 36 heavy (non-hydrogen) atoms. The second kappa shape index (κ2) is 9.00. The molecule has 2 N–H and O–H groups in total. The van der Waals surface area contributed by atoms with Crippen LogP contribution in [0.1, 0.15) is 30.0 Å². The molecule has 4 heterocycles. The van der Waals surface area contributed by atoms with Gasteiger partial charge in [0.25, 0.3) is 5.56 Å². The molecule has 10 heteroatoms. The van der Waals surface area contributed by atoms with Crippen LogP contribution in [0.15, 0.2) is 52.2 Å². The van der Waals surface area contributed by atoms with Gasteiger partial charge in [-0.25, -0.2) is 4.79 Å². The standard InChI is InChI=1S/C26H23N5O4S/c27-11-16-4-3-15-5-8-23(33)31-13-20(24(16)25(15)31)28-9-1-2-18-12-30(26(34)35-18)17-6-7-21-19(10-17)29-22(32)14-36-21/h3-8,10,18,20,28H,1-2,9,12-14H2,(H,29,32)/t18-,20+/m1/s1. The zero-order valence-corrected chi connectivity index (χ0v) is 20.1. The van der Waals surface area contributed by atoms with Crippen molar-refractivity contribution in [1.29, 1.82) is 5.26 Å². The molecule has 3 aliphatic heterocycles. The van der Waals surface area contributed by atoms with E-state index in [9.17, 15) is 19.6 Å². The highest BCUT2D eigenvalue weighted by Crippen LogP contribution is 2.36. The van der Waals surface area contributed by atoms with E-state index in [4.69, 9.17) is 4.74 Å². The topological polar surface area (TPSA) is 116 Å². The number of thioether (sulfide) groups is 1. The summed E-state index contributed by atoms with van der Waals surface area (Å²) >= 11 is 1.48. The highest BCUT2D eigenvalue weighted by atomic mass is 32.2. The first kappa shape index (κ1) is 22.6.